The van der Waals surface area contributed by atoms with E-state index in [1.165, 1.54) is 5.56 Å². The fraction of sp³-hybridized carbons (Fsp3) is 0.200. The van der Waals surface area contributed by atoms with Crippen LogP contribution in [0, 0.1) is 0 Å². The van der Waals surface area contributed by atoms with E-state index in [1.54, 1.807) is 24.8 Å². The average Bonchev–Trinajstić information content (AvgIpc) is 3.19. The normalized spacial score (nSPS) is 16.8. The highest BCUT2D eigenvalue weighted by atomic mass is 16.2. The molecule has 1 saturated heterocycles. The highest BCUT2D eigenvalue weighted by molar-refractivity contribution is 5.94. The van der Waals surface area contributed by atoms with Crippen molar-refractivity contribution in [2.45, 2.75) is 18.9 Å². The molecule has 124 valence electrons. The van der Waals surface area contributed by atoms with Crippen molar-refractivity contribution in [2.75, 3.05) is 6.54 Å². The standard InChI is InChI=1S/C20H18N4O/c25-20(24-12-4-7-18(24)15-5-2-1-3-6-15)17-13-22-19(23-14-17)16-8-10-21-11-9-16/h1-3,5-6,8-11,13-14,18H,4,7,12H2. The van der Waals surface area contributed by atoms with Crippen molar-refractivity contribution in [1.29, 1.82) is 0 Å². The van der Waals surface area contributed by atoms with Crippen LogP contribution in [-0.4, -0.2) is 32.3 Å². The molecule has 1 atom stereocenters. The van der Waals surface area contributed by atoms with Crippen LogP contribution in [-0.2, 0) is 0 Å². The van der Waals surface area contributed by atoms with Crippen LogP contribution in [0.4, 0.5) is 0 Å². The molecule has 1 aliphatic heterocycles. The minimum absolute atomic E-state index is 0.00682. The summed E-state index contributed by atoms with van der Waals surface area (Å²) in [4.78, 5) is 27.5. The number of rotatable bonds is 3. The van der Waals surface area contributed by atoms with Gasteiger partial charge in [0.2, 0.25) is 0 Å². The molecule has 1 unspecified atom stereocenters. The molecule has 0 aliphatic carbocycles. The quantitative estimate of drug-likeness (QED) is 0.737. The molecule has 3 heterocycles. The number of pyridine rings is 1. The zero-order valence-electron chi connectivity index (χ0n) is 13.7. The Kier molecular flexibility index (Phi) is 4.21. The summed E-state index contributed by atoms with van der Waals surface area (Å²) in [6, 6.07) is 14.0. The summed E-state index contributed by atoms with van der Waals surface area (Å²) >= 11 is 0. The first kappa shape index (κ1) is 15.4. The van der Waals surface area contributed by atoms with Crippen LogP contribution in [0.25, 0.3) is 11.4 Å². The van der Waals surface area contributed by atoms with E-state index in [0.29, 0.717) is 11.4 Å². The SMILES string of the molecule is O=C(c1cnc(-c2ccncc2)nc1)N1CCCC1c1ccccc1. The van der Waals surface area contributed by atoms with Gasteiger partial charge in [-0.2, -0.15) is 0 Å². The first-order valence-electron chi connectivity index (χ1n) is 8.41. The van der Waals surface area contributed by atoms with E-state index in [4.69, 9.17) is 0 Å². The third kappa shape index (κ3) is 3.13. The Morgan fingerprint density at radius 1 is 1.00 bits per heavy atom. The summed E-state index contributed by atoms with van der Waals surface area (Å²) < 4.78 is 0. The molecule has 1 fully saturated rings. The topological polar surface area (TPSA) is 59.0 Å². The van der Waals surface area contributed by atoms with Crippen LogP contribution in [0.5, 0.6) is 0 Å². The summed E-state index contributed by atoms with van der Waals surface area (Å²) in [6.45, 7) is 0.768. The molecule has 1 aromatic carbocycles. The van der Waals surface area contributed by atoms with Crippen LogP contribution in [0.3, 0.4) is 0 Å². The van der Waals surface area contributed by atoms with Crippen molar-refractivity contribution in [3.8, 4) is 11.4 Å². The number of hydrogen-bond donors (Lipinski definition) is 0. The first-order valence-corrected chi connectivity index (χ1v) is 8.41. The predicted octanol–water partition coefficient (Wildman–Crippen LogP) is 3.52. The van der Waals surface area contributed by atoms with Crippen LogP contribution >= 0.6 is 0 Å². The van der Waals surface area contributed by atoms with Crippen molar-refractivity contribution in [3.05, 3.63) is 78.4 Å². The first-order chi connectivity index (χ1) is 12.3. The molecule has 1 amide bonds. The number of hydrogen-bond acceptors (Lipinski definition) is 4. The number of benzene rings is 1. The van der Waals surface area contributed by atoms with Gasteiger partial charge in [-0.1, -0.05) is 30.3 Å². The predicted molar refractivity (Wildman–Crippen MR) is 94.7 cm³/mol. The van der Waals surface area contributed by atoms with E-state index in [-0.39, 0.29) is 11.9 Å². The molecule has 25 heavy (non-hydrogen) atoms. The maximum Gasteiger partial charge on any atom is 0.257 e. The van der Waals surface area contributed by atoms with E-state index in [2.05, 4.69) is 27.1 Å². The second-order valence-corrected chi connectivity index (χ2v) is 6.10. The summed E-state index contributed by atoms with van der Waals surface area (Å²) in [5, 5.41) is 0. The Morgan fingerprint density at radius 3 is 2.44 bits per heavy atom. The van der Waals surface area contributed by atoms with Crippen molar-refractivity contribution < 1.29 is 4.79 Å². The maximum absolute atomic E-state index is 12.9. The van der Waals surface area contributed by atoms with Crippen molar-refractivity contribution in [1.82, 2.24) is 19.9 Å². The highest BCUT2D eigenvalue weighted by Crippen LogP contribution is 2.32. The molecule has 5 heteroatoms. The summed E-state index contributed by atoms with van der Waals surface area (Å²) in [5.74, 6) is 0.590. The maximum atomic E-state index is 12.9. The Labute approximate surface area is 146 Å². The van der Waals surface area contributed by atoms with Crippen LogP contribution in [0.2, 0.25) is 0 Å². The molecule has 0 bridgehead atoms. The lowest BCUT2D eigenvalue weighted by Gasteiger charge is -2.25. The van der Waals surface area contributed by atoms with E-state index < -0.39 is 0 Å². The van der Waals surface area contributed by atoms with Crippen molar-refractivity contribution in [2.24, 2.45) is 0 Å². The summed E-state index contributed by atoms with van der Waals surface area (Å²) in [5.41, 5.74) is 2.60. The fourth-order valence-corrected chi connectivity index (χ4v) is 3.29. The number of amides is 1. The van der Waals surface area contributed by atoms with Gasteiger partial charge in [0, 0.05) is 36.9 Å². The third-order valence-corrected chi connectivity index (χ3v) is 4.54. The van der Waals surface area contributed by atoms with Gasteiger partial charge in [0.15, 0.2) is 5.82 Å². The molecule has 2 aromatic heterocycles. The van der Waals surface area contributed by atoms with Crippen LogP contribution in [0.1, 0.15) is 34.8 Å². The highest BCUT2D eigenvalue weighted by Gasteiger charge is 2.30. The lowest BCUT2D eigenvalue weighted by Crippen LogP contribution is -2.30. The minimum atomic E-state index is -0.00682. The smallest absolute Gasteiger partial charge is 0.257 e. The van der Waals surface area contributed by atoms with Crippen LogP contribution in [0.15, 0.2) is 67.3 Å². The zero-order valence-corrected chi connectivity index (χ0v) is 13.7. The van der Waals surface area contributed by atoms with Gasteiger partial charge >= 0.3 is 0 Å². The van der Waals surface area contributed by atoms with Gasteiger partial charge in [-0.25, -0.2) is 9.97 Å². The molecule has 0 radical (unpaired) electrons. The number of aromatic nitrogens is 3. The lowest BCUT2D eigenvalue weighted by atomic mass is 10.0. The Morgan fingerprint density at radius 2 is 1.72 bits per heavy atom. The largest absolute Gasteiger partial charge is 0.332 e. The van der Waals surface area contributed by atoms with Gasteiger partial charge < -0.3 is 4.90 Å². The van der Waals surface area contributed by atoms with E-state index in [1.807, 2.05) is 35.2 Å². The fourth-order valence-electron chi connectivity index (χ4n) is 3.29. The molecule has 0 saturated carbocycles. The number of likely N-dealkylation sites (tertiary alicyclic amines) is 1. The van der Waals surface area contributed by atoms with Gasteiger partial charge in [-0.3, -0.25) is 9.78 Å². The Balaban J connectivity index is 1.56. The number of carbonyl (C=O) groups excluding carboxylic acids is 1. The second kappa shape index (κ2) is 6.81. The van der Waals surface area contributed by atoms with E-state index >= 15 is 0 Å². The van der Waals surface area contributed by atoms with Gasteiger partial charge in [0.05, 0.1) is 11.6 Å². The van der Waals surface area contributed by atoms with E-state index in [0.717, 1.165) is 24.9 Å². The van der Waals surface area contributed by atoms with Crippen molar-refractivity contribution in [3.63, 3.8) is 0 Å². The van der Waals surface area contributed by atoms with Gasteiger partial charge in [-0.15, -0.1) is 0 Å². The molecule has 0 N–H and O–H groups in total. The molecular formula is C20H18N4O. The van der Waals surface area contributed by atoms with Crippen molar-refractivity contribution >= 4 is 5.91 Å². The molecular weight excluding hydrogens is 312 g/mol. The van der Waals surface area contributed by atoms with Crippen LogP contribution < -0.4 is 0 Å². The Bertz CT molecular complexity index is 850. The Hall–Kier alpha value is -3.08. The zero-order chi connectivity index (χ0) is 17.1. The molecule has 0 spiro atoms. The number of carbonyl (C=O) groups is 1. The summed E-state index contributed by atoms with van der Waals surface area (Å²) in [6.07, 6.45) is 8.64. The summed E-state index contributed by atoms with van der Waals surface area (Å²) in [7, 11) is 0. The van der Waals surface area contributed by atoms with Gasteiger partial charge in [0.25, 0.3) is 5.91 Å². The third-order valence-electron chi connectivity index (χ3n) is 4.54. The van der Waals surface area contributed by atoms with Gasteiger partial charge in [0.1, 0.15) is 0 Å². The molecule has 5 nitrogen and oxygen atoms in total. The molecule has 4 rings (SSSR count). The monoisotopic (exact) mass is 330 g/mol. The molecule has 3 aromatic rings. The molecule has 1 aliphatic rings. The average molecular weight is 330 g/mol. The number of nitrogens with zero attached hydrogens (tertiary/aromatic N) is 4. The van der Waals surface area contributed by atoms with E-state index in [9.17, 15) is 4.79 Å². The lowest BCUT2D eigenvalue weighted by molar-refractivity contribution is 0.0735. The minimum Gasteiger partial charge on any atom is -0.332 e. The van der Waals surface area contributed by atoms with Gasteiger partial charge in [-0.05, 0) is 30.5 Å². The second-order valence-electron chi connectivity index (χ2n) is 6.10.